The summed E-state index contributed by atoms with van der Waals surface area (Å²) in [4.78, 5) is 14.9. The quantitative estimate of drug-likeness (QED) is 0.127. The van der Waals surface area contributed by atoms with Gasteiger partial charge in [-0.05, 0) is 25.3 Å². The van der Waals surface area contributed by atoms with Crippen molar-refractivity contribution in [3.63, 3.8) is 0 Å². The average molecular weight is 553 g/mol. The number of fused-ring (bicyclic) bond motifs is 1. The first-order chi connectivity index (χ1) is 19.5. The summed E-state index contributed by atoms with van der Waals surface area (Å²) in [6.45, 7) is 8.45. The number of benzene rings is 2. The van der Waals surface area contributed by atoms with Crippen LogP contribution in [0.5, 0.6) is 5.75 Å². The molecule has 0 atom stereocenters. The number of phenols is 1. The van der Waals surface area contributed by atoms with E-state index in [1.165, 1.54) is 116 Å². The maximum absolute atomic E-state index is 12.4. The number of nitrogens with zero attached hydrogens (tertiary/aromatic N) is 1. The Morgan fingerprint density at radius 1 is 0.650 bits per heavy atom. The molecular formula is C36H60N2O2. The summed E-state index contributed by atoms with van der Waals surface area (Å²) < 4.78 is 0. The van der Waals surface area contributed by atoms with Crippen LogP contribution in [-0.4, -0.2) is 24.1 Å². The highest BCUT2D eigenvalue weighted by atomic mass is 16.3. The second-order valence-corrected chi connectivity index (χ2v) is 12.0. The van der Waals surface area contributed by atoms with E-state index in [4.69, 9.17) is 5.73 Å². The first-order valence-corrected chi connectivity index (χ1v) is 16.8. The number of aromatic hydroxyl groups is 1. The molecule has 4 heteroatoms. The number of primary amides is 1. The molecule has 2 aromatic carbocycles. The van der Waals surface area contributed by atoms with Crippen molar-refractivity contribution < 1.29 is 9.90 Å². The number of carbonyl (C=O) groups is 1. The lowest BCUT2D eigenvalue weighted by atomic mass is 9.95. The highest BCUT2D eigenvalue weighted by Crippen LogP contribution is 2.40. The minimum atomic E-state index is -0.556. The topological polar surface area (TPSA) is 66.6 Å². The van der Waals surface area contributed by atoms with E-state index >= 15 is 0 Å². The van der Waals surface area contributed by atoms with Crippen molar-refractivity contribution in [3.8, 4) is 5.75 Å². The minimum absolute atomic E-state index is 0.0159. The monoisotopic (exact) mass is 552 g/mol. The molecule has 1 amide bonds. The van der Waals surface area contributed by atoms with Gasteiger partial charge in [0.2, 0.25) is 0 Å². The van der Waals surface area contributed by atoms with Crippen molar-refractivity contribution in [2.75, 3.05) is 18.0 Å². The lowest BCUT2D eigenvalue weighted by molar-refractivity contribution is 0.0997. The van der Waals surface area contributed by atoms with Gasteiger partial charge in [0.15, 0.2) is 0 Å². The van der Waals surface area contributed by atoms with Crippen molar-refractivity contribution in [3.05, 3.63) is 35.4 Å². The first kappa shape index (κ1) is 34.0. The fourth-order valence-corrected chi connectivity index (χ4v) is 6.15. The molecule has 0 aliphatic heterocycles. The first-order valence-electron chi connectivity index (χ1n) is 16.8. The molecule has 0 fully saturated rings. The number of unbranched alkanes of at least 4 members (excludes halogenated alkanes) is 18. The van der Waals surface area contributed by atoms with E-state index in [1.54, 1.807) is 0 Å². The Morgan fingerprint density at radius 3 is 1.43 bits per heavy atom. The number of rotatable bonds is 24. The van der Waals surface area contributed by atoms with Crippen molar-refractivity contribution in [1.29, 1.82) is 0 Å². The third kappa shape index (κ3) is 11.7. The molecule has 3 N–H and O–H groups in total. The minimum Gasteiger partial charge on any atom is -0.506 e. The summed E-state index contributed by atoms with van der Waals surface area (Å²) >= 11 is 0. The van der Waals surface area contributed by atoms with Crippen molar-refractivity contribution >= 4 is 22.4 Å². The number of hydrogen-bond donors (Lipinski definition) is 2. The van der Waals surface area contributed by atoms with Crippen molar-refractivity contribution in [1.82, 2.24) is 0 Å². The van der Waals surface area contributed by atoms with E-state index in [0.29, 0.717) is 5.39 Å². The Kier molecular flexibility index (Phi) is 17.5. The third-order valence-electron chi connectivity index (χ3n) is 8.53. The van der Waals surface area contributed by atoms with Crippen LogP contribution in [0.2, 0.25) is 0 Å². The van der Waals surface area contributed by atoms with Crippen LogP contribution >= 0.6 is 0 Å². The fourth-order valence-electron chi connectivity index (χ4n) is 6.15. The Morgan fingerprint density at radius 2 is 1.02 bits per heavy atom. The molecule has 0 saturated heterocycles. The van der Waals surface area contributed by atoms with Gasteiger partial charge in [-0.2, -0.15) is 0 Å². The van der Waals surface area contributed by atoms with Gasteiger partial charge in [-0.3, -0.25) is 4.79 Å². The van der Waals surface area contributed by atoms with Gasteiger partial charge in [-0.25, -0.2) is 0 Å². The molecule has 0 spiro atoms. The van der Waals surface area contributed by atoms with Crippen molar-refractivity contribution in [2.45, 2.75) is 149 Å². The molecule has 0 bridgehead atoms. The fraction of sp³-hybridized carbons (Fsp3) is 0.694. The van der Waals surface area contributed by atoms with Crippen LogP contribution in [0, 0.1) is 6.92 Å². The summed E-state index contributed by atoms with van der Waals surface area (Å²) in [5, 5.41) is 12.6. The lowest BCUT2D eigenvalue weighted by Crippen LogP contribution is -2.28. The predicted molar refractivity (Wildman–Crippen MR) is 175 cm³/mol. The van der Waals surface area contributed by atoms with Gasteiger partial charge in [0, 0.05) is 29.5 Å². The summed E-state index contributed by atoms with van der Waals surface area (Å²) in [6, 6.07) is 7.92. The zero-order chi connectivity index (χ0) is 29.0. The zero-order valence-corrected chi connectivity index (χ0v) is 26.2. The van der Waals surface area contributed by atoms with Crippen molar-refractivity contribution in [2.24, 2.45) is 5.73 Å². The molecule has 0 unspecified atom stereocenters. The van der Waals surface area contributed by atoms with Gasteiger partial charge < -0.3 is 15.7 Å². The Hall–Kier alpha value is -2.23. The van der Waals surface area contributed by atoms with Crippen LogP contribution in [0.15, 0.2) is 24.3 Å². The summed E-state index contributed by atoms with van der Waals surface area (Å²) in [7, 11) is 0. The molecule has 0 heterocycles. The van der Waals surface area contributed by atoms with Gasteiger partial charge >= 0.3 is 0 Å². The van der Waals surface area contributed by atoms with Crippen LogP contribution in [-0.2, 0) is 0 Å². The maximum Gasteiger partial charge on any atom is 0.252 e. The van der Waals surface area contributed by atoms with Gasteiger partial charge in [0.1, 0.15) is 5.75 Å². The second kappa shape index (κ2) is 20.6. The Labute approximate surface area is 246 Å². The molecule has 226 valence electrons. The molecule has 4 nitrogen and oxygen atoms in total. The molecule has 0 saturated carbocycles. The maximum atomic E-state index is 12.4. The Balaban J connectivity index is 2.00. The van der Waals surface area contributed by atoms with E-state index in [0.717, 1.165) is 42.6 Å². The smallest absolute Gasteiger partial charge is 0.252 e. The number of amides is 1. The van der Waals surface area contributed by atoms with Crippen LogP contribution < -0.4 is 10.6 Å². The number of hydrogen-bond acceptors (Lipinski definition) is 3. The van der Waals surface area contributed by atoms with Crippen LogP contribution in [0.25, 0.3) is 10.8 Å². The van der Waals surface area contributed by atoms with Gasteiger partial charge in [0.05, 0.1) is 5.56 Å². The second-order valence-electron chi connectivity index (χ2n) is 12.0. The highest BCUT2D eigenvalue weighted by Gasteiger charge is 2.23. The number of nitrogens with two attached hydrogens (primary N) is 1. The third-order valence-corrected chi connectivity index (χ3v) is 8.53. The standard InChI is InChI=1S/C36H60N2O2/c1-4-6-8-10-12-14-16-18-20-24-28-38(29-25-21-19-17-15-13-11-9-7-5-2)34-30(3)33(36(37)40)35(39)32-27-23-22-26-31(32)34/h22-23,26-27,39H,4-21,24-25,28-29H2,1-3H3,(H2,37,40). The molecule has 2 aromatic rings. The number of carbonyl (C=O) groups excluding carboxylic acids is 1. The largest absolute Gasteiger partial charge is 0.506 e. The highest BCUT2D eigenvalue weighted by molar-refractivity contribution is 6.10. The normalized spacial score (nSPS) is 11.4. The molecule has 0 aromatic heterocycles. The molecule has 40 heavy (non-hydrogen) atoms. The van der Waals surface area contributed by atoms with E-state index < -0.39 is 5.91 Å². The molecular weight excluding hydrogens is 492 g/mol. The van der Waals surface area contributed by atoms with Crippen LogP contribution in [0.3, 0.4) is 0 Å². The molecule has 0 aliphatic rings. The predicted octanol–water partition coefficient (Wildman–Crippen LogP) is 10.6. The average Bonchev–Trinajstić information content (AvgIpc) is 2.94. The number of anilines is 1. The summed E-state index contributed by atoms with van der Waals surface area (Å²) in [5.74, 6) is -0.540. The molecule has 0 radical (unpaired) electrons. The Bertz CT molecular complexity index is 947. The van der Waals surface area contributed by atoms with E-state index in [2.05, 4.69) is 24.8 Å². The molecule has 2 rings (SSSR count). The van der Waals surface area contributed by atoms with Crippen LogP contribution in [0.4, 0.5) is 5.69 Å². The molecule has 0 aliphatic carbocycles. The van der Waals surface area contributed by atoms with Gasteiger partial charge in [0.25, 0.3) is 5.91 Å². The SMILES string of the molecule is CCCCCCCCCCCCN(CCCCCCCCCCCC)c1c(C)c(C(N)=O)c(O)c2ccccc12. The lowest BCUT2D eigenvalue weighted by Gasteiger charge is -2.29. The van der Waals surface area contributed by atoms with Gasteiger partial charge in [-0.1, -0.05) is 154 Å². The summed E-state index contributed by atoms with van der Waals surface area (Å²) in [6.07, 6.45) is 26.4. The van der Waals surface area contributed by atoms with Gasteiger partial charge in [-0.15, -0.1) is 0 Å². The van der Waals surface area contributed by atoms with E-state index in [-0.39, 0.29) is 11.3 Å². The zero-order valence-electron chi connectivity index (χ0n) is 26.2. The van der Waals surface area contributed by atoms with Crippen LogP contribution in [0.1, 0.15) is 158 Å². The summed E-state index contributed by atoms with van der Waals surface area (Å²) in [5.41, 5.74) is 7.93. The van der Waals surface area contributed by atoms with E-state index in [9.17, 15) is 9.90 Å². The van der Waals surface area contributed by atoms with E-state index in [1.807, 2.05) is 25.1 Å².